The van der Waals surface area contributed by atoms with E-state index in [-0.39, 0.29) is 28.3 Å². The van der Waals surface area contributed by atoms with Crippen molar-refractivity contribution < 1.29 is 28.7 Å². The summed E-state index contributed by atoms with van der Waals surface area (Å²) < 4.78 is 15.6. The summed E-state index contributed by atoms with van der Waals surface area (Å²) in [6.07, 6.45) is 0. The number of nitrogens with zero attached hydrogens (tertiary/aromatic N) is 1. The summed E-state index contributed by atoms with van der Waals surface area (Å²) in [5.74, 6) is -0.743. The van der Waals surface area contributed by atoms with E-state index in [0.717, 1.165) is 0 Å². The van der Waals surface area contributed by atoms with E-state index in [0.29, 0.717) is 5.75 Å². The van der Waals surface area contributed by atoms with Crippen molar-refractivity contribution in [2.24, 2.45) is 0 Å². The van der Waals surface area contributed by atoms with Crippen LogP contribution in [-0.4, -0.2) is 38.1 Å². The monoisotopic (exact) mass is 360 g/mol. The number of methoxy groups -OCH3 is 2. The minimum atomic E-state index is -0.780. The van der Waals surface area contributed by atoms with E-state index < -0.39 is 16.8 Å². The highest BCUT2D eigenvalue weighted by Crippen LogP contribution is 2.35. The maximum absolute atomic E-state index is 12.3. The minimum Gasteiger partial charge on any atom is -0.493 e. The molecule has 0 heterocycles. The highest BCUT2D eigenvalue weighted by atomic mass is 16.6. The fourth-order valence-corrected chi connectivity index (χ4v) is 2.13. The number of hydrogen-bond acceptors (Lipinski definition) is 7. The van der Waals surface area contributed by atoms with Gasteiger partial charge >= 0.3 is 5.97 Å². The summed E-state index contributed by atoms with van der Waals surface area (Å²) >= 11 is 0. The number of carbonyl (C=O) groups excluding carboxylic acids is 2. The maximum Gasteiger partial charge on any atom is 0.343 e. The van der Waals surface area contributed by atoms with Crippen LogP contribution in [0, 0.1) is 10.1 Å². The van der Waals surface area contributed by atoms with Crippen molar-refractivity contribution in [3.05, 3.63) is 57.6 Å². The number of nitro benzene ring substituents is 1. The molecule has 0 saturated heterocycles. The Hall–Kier alpha value is -3.62. The molecule has 0 aromatic heterocycles. The second-order valence-electron chi connectivity index (χ2n) is 4.98. The molecule has 1 N–H and O–H groups in total. The summed E-state index contributed by atoms with van der Waals surface area (Å²) in [4.78, 5) is 34.5. The molecular formula is C17H16N2O7. The van der Waals surface area contributed by atoms with Gasteiger partial charge in [0.05, 0.1) is 30.3 Å². The summed E-state index contributed by atoms with van der Waals surface area (Å²) in [6, 6.07) is 7.64. The van der Waals surface area contributed by atoms with E-state index >= 15 is 0 Å². The number of hydrogen-bond donors (Lipinski definition) is 1. The standard InChI is InChI=1S/C17H16N2O7/c1-18-16(20)12-8-14(24-2)15(25-3)9-13(12)26-17(21)10-4-6-11(7-5-10)19(22)23/h4-9H,1-3H3,(H,18,20). The smallest absolute Gasteiger partial charge is 0.343 e. The summed E-state index contributed by atoms with van der Waals surface area (Å²) in [6.45, 7) is 0. The molecule has 0 spiro atoms. The van der Waals surface area contributed by atoms with Crippen molar-refractivity contribution in [3.63, 3.8) is 0 Å². The van der Waals surface area contributed by atoms with Crippen LogP contribution in [-0.2, 0) is 0 Å². The molecule has 0 atom stereocenters. The molecule has 0 aliphatic heterocycles. The topological polar surface area (TPSA) is 117 Å². The molecule has 9 nitrogen and oxygen atoms in total. The van der Waals surface area contributed by atoms with Crippen LogP contribution in [0.3, 0.4) is 0 Å². The quantitative estimate of drug-likeness (QED) is 0.363. The Morgan fingerprint density at radius 3 is 2.08 bits per heavy atom. The third kappa shape index (κ3) is 3.89. The number of amides is 1. The van der Waals surface area contributed by atoms with Crippen LogP contribution in [0.4, 0.5) is 5.69 Å². The van der Waals surface area contributed by atoms with Crippen LogP contribution in [0.2, 0.25) is 0 Å². The zero-order chi connectivity index (χ0) is 19.3. The Bertz CT molecular complexity index is 847. The lowest BCUT2D eigenvalue weighted by molar-refractivity contribution is -0.384. The van der Waals surface area contributed by atoms with Gasteiger partial charge in [0.2, 0.25) is 0 Å². The highest BCUT2D eigenvalue weighted by Gasteiger charge is 2.20. The molecule has 0 aliphatic carbocycles. The lowest BCUT2D eigenvalue weighted by atomic mass is 10.1. The molecule has 0 unspecified atom stereocenters. The third-order valence-corrected chi connectivity index (χ3v) is 3.47. The summed E-state index contributed by atoms with van der Waals surface area (Å²) in [7, 11) is 4.24. The van der Waals surface area contributed by atoms with E-state index in [1.165, 1.54) is 57.7 Å². The predicted octanol–water partition coefficient (Wildman–Crippen LogP) is 2.19. The molecule has 9 heteroatoms. The molecule has 136 valence electrons. The van der Waals surface area contributed by atoms with E-state index in [1.807, 2.05) is 0 Å². The number of nitrogens with one attached hydrogen (secondary N) is 1. The van der Waals surface area contributed by atoms with Gasteiger partial charge in [0.1, 0.15) is 5.75 Å². The minimum absolute atomic E-state index is 0.0367. The first-order chi connectivity index (χ1) is 12.4. The second kappa shape index (κ2) is 7.97. The Kier molecular flexibility index (Phi) is 5.74. The van der Waals surface area contributed by atoms with Gasteiger partial charge in [0.15, 0.2) is 11.5 Å². The van der Waals surface area contributed by atoms with Gasteiger partial charge in [0, 0.05) is 31.3 Å². The Labute approximate surface area is 148 Å². The molecule has 2 rings (SSSR count). The van der Waals surface area contributed by atoms with Gasteiger partial charge in [-0.3, -0.25) is 14.9 Å². The molecule has 0 saturated carbocycles. The van der Waals surface area contributed by atoms with Crippen molar-refractivity contribution in [1.82, 2.24) is 5.32 Å². The number of esters is 1. The maximum atomic E-state index is 12.3. The Balaban J connectivity index is 2.38. The molecule has 26 heavy (non-hydrogen) atoms. The van der Waals surface area contributed by atoms with E-state index in [2.05, 4.69) is 5.32 Å². The van der Waals surface area contributed by atoms with Crippen molar-refractivity contribution in [2.45, 2.75) is 0 Å². The number of ether oxygens (including phenoxy) is 3. The average molecular weight is 360 g/mol. The Morgan fingerprint density at radius 2 is 1.58 bits per heavy atom. The van der Waals surface area contributed by atoms with E-state index in [1.54, 1.807) is 0 Å². The van der Waals surface area contributed by atoms with Crippen LogP contribution < -0.4 is 19.5 Å². The lowest BCUT2D eigenvalue weighted by Gasteiger charge is -2.14. The van der Waals surface area contributed by atoms with Gasteiger partial charge in [-0.05, 0) is 12.1 Å². The average Bonchev–Trinajstić information content (AvgIpc) is 2.66. The SMILES string of the molecule is CNC(=O)c1cc(OC)c(OC)cc1OC(=O)c1ccc([N+](=O)[O-])cc1. The second-order valence-corrected chi connectivity index (χ2v) is 4.98. The van der Waals surface area contributed by atoms with Crippen LogP contribution in [0.25, 0.3) is 0 Å². The first-order valence-electron chi connectivity index (χ1n) is 7.36. The summed E-state index contributed by atoms with van der Waals surface area (Å²) in [5, 5.41) is 13.1. The first-order valence-corrected chi connectivity index (χ1v) is 7.36. The largest absolute Gasteiger partial charge is 0.493 e. The molecule has 0 aliphatic rings. The van der Waals surface area contributed by atoms with Crippen LogP contribution in [0.5, 0.6) is 17.2 Å². The van der Waals surface area contributed by atoms with Gasteiger partial charge in [-0.25, -0.2) is 4.79 Å². The predicted molar refractivity (Wildman–Crippen MR) is 91.0 cm³/mol. The highest BCUT2D eigenvalue weighted by molar-refractivity contribution is 5.99. The Morgan fingerprint density at radius 1 is 1.00 bits per heavy atom. The lowest BCUT2D eigenvalue weighted by Crippen LogP contribution is -2.20. The summed E-state index contributed by atoms with van der Waals surface area (Å²) in [5.41, 5.74) is 0.00682. The van der Waals surface area contributed by atoms with E-state index in [9.17, 15) is 19.7 Å². The fraction of sp³-hybridized carbons (Fsp3) is 0.176. The fourth-order valence-electron chi connectivity index (χ4n) is 2.13. The van der Waals surface area contributed by atoms with Gasteiger partial charge in [-0.2, -0.15) is 0 Å². The van der Waals surface area contributed by atoms with Crippen molar-refractivity contribution in [1.29, 1.82) is 0 Å². The first kappa shape index (κ1) is 18.7. The van der Waals surface area contributed by atoms with Gasteiger partial charge in [-0.1, -0.05) is 0 Å². The molecular weight excluding hydrogens is 344 g/mol. The molecule has 1 amide bonds. The molecule has 0 fully saturated rings. The van der Waals surface area contributed by atoms with E-state index in [4.69, 9.17) is 14.2 Å². The number of rotatable bonds is 6. The van der Waals surface area contributed by atoms with Gasteiger partial charge in [-0.15, -0.1) is 0 Å². The van der Waals surface area contributed by atoms with Crippen LogP contribution >= 0.6 is 0 Å². The van der Waals surface area contributed by atoms with Crippen LogP contribution in [0.1, 0.15) is 20.7 Å². The molecule has 0 radical (unpaired) electrons. The molecule has 2 aromatic carbocycles. The van der Waals surface area contributed by atoms with Crippen LogP contribution in [0.15, 0.2) is 36.4 Å². The number of non-ortho nitro benzene ring substituents is 1. The zero-order valence-electron chi connectivity index (χ0n) is 14.3. The number of carbonyl (C=O) groups is 2. The van der Waals surface area contributed by atoms with Crippen molar-refractivity contribution in [3.8, 4) is 17.2 Å². The molecule has 0 bridgehead atoms. The third-order valence-electron chi connectivity index (χ3n) is 3.47. The van der Waals surface area contributed by atoms with Crippen molar-refractivity contribution >= 4 is 17.6 Å². The zero-order valence-corrected chi connectivity index (χ0v) is 14.3. The van der Waals surface area contributed by atoms with Gasteiger partial charge < -0.3 is 19.5 Å². The van der Waals surface area contributed by atoms with Gasteiger partial charge in [0.25, 0.3) is 11.6 Å². The normalized spacial score (nSPS) is 9.96. The van der Waals surface area contributed by atoms with Crippen molar-refractivity contribution in [2.75, 3.05) is 21.3 Å². The molecule has 2 aromatic rings. The number of nitro groups is 1. The number of benzene rings is 2.